The number of carbonyl (C=O) groups is 1. The number of amides is 2. The van der Waals surface area contributed by atoms with E-state index < -0.39 is 15.8 Å². The average molecular weight is 414 g/mol. The van der Waals surface area contributed by atoms with Crippen molar-refractivity contribution >= 4 is 27.4 Å². The number of pyridine rings is 1. The summed E-state index contributed by atoms with van der Waals surface area (Å²) in [4.78, 5) is 15.9. The van der Waals surface area contributed by atoms with Crippen LogP contribution < -0.4 is 15.4 Å². The molecule has 2 amide bonds. The first-order valence-electron chi connectivity index (χ1n) is 8.68. The topological polar surface area (TPSA) is 100 Å². The maximum Gasteiger partial charge on any atom is 0.319 e. The minimum Gasteiger partial charge on any atom is -0.334 e. The number of hydrogen-bond donors (Lipinski definition) is 3. The van der Waals surface area contributed by atoms with Gasteiger partial charge in [0.05, 0.1) is 5.75 Å². The number of hydrogen-bond acceptors (Lipinski definition) is 4. The summed E-state index contributed by atoms with van der Waals surface area (Å²) >= 11 is 0. The molecule has 0 aliphatic heterocycles. The molecule has 9 heteroatoms. The highest BCUT2D eigenvalue weighted by Crippen LogP contribution is 2.17. The molecular weight excluding hydrogens is 395 g/mol. The molecule has 0 bridgehead atoms. The number of halogens is 1. The molecule has 0 radical (unpaired) electrons. The van der Waals surface area contributed by atoms with Crippen LogP contribution in [-0.2, 0) is 22.3 Å². The lowest BCUT2D eigenvalue weighted by Gasteiger charge is -2.10. The van der Waals surface area contributed by atoms with Crippen molar-refractivity contribution in [3.8, 4) is 0 Å². The molecule has 0 aliphatic rings. The van der Waals surface area contributed by atoms with Crippen molar-refractivity contribution in [3.63, 3.8) is 0 Å². The fourth-order valence-corrected chi connectivity index (χ4v) is 3.69. The number of benzene rings is 2. The first-order valence-corrected chi connectivity index (χ1v) is 10.3. The third-order valence-corrected chi connectivity index (χ3v) is 5.15. The Hall–Kier alpha value is -3.46. The maximum absolute atomic E-state index is 12.9. The van der Waals surface area contributed by atoms with E-state index in [1.807, 2.05) is 0 Å². The van der Waals surface area contributed by atoms with Crippen LogP contribution in [0.25, 0.3) is 0 Å². The van der Waals surface area contributed by atoms with Crippen LogP contribution >= 0.6 is 0 Å². The van der Waals surface area contributed by atoms with E-state index in [0.717, 1.165) is 5.56 Å². The summed E-state index contributed by atoms with van der Waals surface area (Å²) in [7, 11) is -3.65. The van der Waals surface area contributed by atoms with Crippen LogP contribution in [0.2, 0.25) is 0 Å². The SMILES string of the molecule is O=C(NCc1ccncc1)Nc1ccc(NS(=O)(=O)Cc2ccc(F)cc2)cc1. The van der Waals surface area contributed by atoms with Gasteiger partial charge >= 0.3 is 6.03 Å². The van der Waals surface area contributed by atoms with Gasteiger partial charge in [-0.25, -0.2) is 17.6 Å². The number of anilines is 2. The van der Waals surface area contributed by atoms with E-state index in [1.54, 1.807) is 48.8 Å². The minimum atomic E-state index is -3.65. The van der Waals surface area contributed by atoms with E-state index >= 15 is 0 Å². The molecule has 0 saturated heterocycles. The van der Waals surface area contributed by atoms with Gasteiger partial charge in [0.2, 0.25) is 10.0 Å². The second kappa shape index (κ2) is 9.16. The van der Waals surface area contributed by atoms with Crippen molar-refractivity contribution in [3.05, 3.63) is 90.0 Å². The fourth-order valence-electron chi connectivity index (χ4n) is 2.50. The molecule has 150 valence electrons. The number of carbonyl (C=O) groups excluding carboxylic acids is 1. The Morgan fingerprint density at radius 3 is 2.14 bits per heavy atom. The number of urea groups is 1. The highest BCUT2D eigenvalue weighted by atomic mass is 32.2. The van der Waals surface area contributed by atoms with Gasteiger partial charge in [0, 0.05) is 30.3 Å². The summed E-state index contributed by atoms with van der Waals surface area (Å²) in [6.45, 7) is 0.357. The predicted octanol–water partition coefficient (Wildman–Crippen LogP) is 3.48. The summed E-state index contributed by atoms with van der Waals surface area (Å²) in [6.07, 6.45) is 3.29. The second-order valence-corrected chi connectivity index (χ2v) is 7.95. The molecule has 3 aromatic rings. The molecule has 3 N–H and O–H groups in total. The van der Waals surface area contributed by atoms with Gasteiger partial charge in [0.15, 0.2) is 0 Å². The van der Waals surface area contributed by atoms with Gasteiger partial charge in [-0.1, -0.05) is 12.1 Å². The van der Waals surface area contributed by atoms with Crippen LogP contribution in [0.1, 0.15) is 11.1 Å². The number of aromatic nitrogens is 1. The van der Waals surface area contributed by atoms with Gasteiger partial charge in [-0.05, 0) is 59.7 Å². The van der Waals surface area contributed by atoms with E-state index in [4.69, 9.17) is 0 Å². The van der Waals surface area contributed by atoms with Gasteiger partial charge in [0.1, 0.15) is 5.82 Å². The van der Waals surface area contributed by atoms with Gasteiger partial charge < -0.3 is 10.6 Å². The van der Waals surface area contributed by atoms with Crippen LogP contribution in [-0.4, -0.2) is 19.4 Å². The van der Waals surface area contributed by atoms with E-state index in [0.29, 0.717) is 23.5 Å². The van der Waals surface area contributed by atoms with Crippen LogP contribution in [0.4, 0.5) is 20.6 Å². The largest absolute Gasteiger partial charge is 0.334 e. The smallest absolute Gasteiger partial charge is 0.319 e. The number of sulfonamides is 1. The predicted molar refractivity (Wildman–Crippen MR) is 109 cm³/mol. The van der Waals surface area contributed by atoms with Crippen molar-refractivity contribution in [2.75, 3.05) is 10.0 Å². The lowest BCUT2D eigenvalue weighted by Crippen LogP contribution is -2.28. The fraction of sp³-hybridized carbons (Fsp3) is 0.100. The lowest BCUT2D eigenvalue weighted by molar-refractivity contribution is 0.251. The monoisotopic (exact) mass is 414 g/mol. The first-order chi connectivity index (χ1) is 13.9. The van der Waals surface area contributed by atoms with E-state index in [2.05, 4.69) is 20.3 Å². The molecule has 0 saturated carbocycles. The standard InChI is InChI=1S/C20H19FN4O3S/c21-17-3-1-16(2-4-17)14-29(27,28)25-19-7-5-18(6-8-19)24-20(26)23-13-15-9-11-22-12-10-15/h1-12,25H,13-14H2,(H2,23,24,26). The van der Waals surface area contributed by atoms with Gasteiger partial charge in [-0.2, -0.15) is 0 Å². The van der Waals surface area contributed by atoms with E-state index in [9.17, 15) is 17.6 Å². The normalized spacial score (nSPS) is 10.9. The van der Waals surface area contributed by atoms with Crippen molar-refractivity contribution in [1.82, 2.24) is 10.3 Å². The Morgan fingerprint density at radius 2 is 1.48 bits per heavy atom. The Labute approximate surface area is 168 Å². The number of rotatable bonds is 7. The maximum atomic E-state index is 12.9. The van der Waals surface area contributed by atoms with Crippen molar-refractivity contribution < 1.29 is 17.6 Å². The van der Waals surface area contributed by atoms with Crippen LogP contribution in [0.5, 0.6) is 0 Å². The molecule has 2 aromatic carbocycles. The third kappa shape index (κ3) is 6.58. The summed E-state index contributed by atoms with van der Waals surface area (Å²) in [6, 6.07) is 14.7. The number of nitrogens with one attached hydrogen (secondary N) is 3. The molecule has 7 nitrogen and oxygen atoms in total. The Morgan fingerprint density at radius 1 is 0.862 bits per heavy atom. The molecule has 0 spiro atoms. The zero-order chi connectivity index (χ0) is 20.7. The van der Waals surface area contributed by atoms with Gasteiger partial charge in [-0.3, -0.25) is 9.71 Å². The summed E-state index contributed by atoms with van der Waals surface area (Å²) < 4.78 is 39.9. The molecule has 3 rings (SSSR count). The average Bonchev–Trinajstić information content (AvgIpc) is 2.70. The first kappa shape index (κ1) is 20.3. The molecular formula is C20H19FN4O3S. The Kier molecular flexibility index (Phi) is 6.40. The molecule has 0 aliphatic carbocycles. The summed E-state index contributed by atoms with van der Waals surface area (Å²) in [5.74, 6) is -0.697. The highest BCUT2D eigenvalue weighted by Gasteiger charge is 2.12. The summed E-state index contributed by atoms with van der Waals surface area (Å²) in [5.41, 5.74) is 2.26. The quantitative estimate of drug-likeness (QED) is 0.551. The van der Waals surface area contributed by atoms with E-state index in [-0.39, 0.29) is 11.8 Å². The third-order valence-electron chi connectivity index (χ3n) is 3.89. The second-order valence-electron chi connectivity index (χ2n) is 6.23. The van der Waals surface area contributed by atoms with Crippen LogP contribution in [0.15, 0.2) is 73.1 Å². The van der Waals surface area contributed by atoms with Crippen molar-refractivity contribution in [2.45, 2.75) is 12.3 Å². The Balaban J connectivity index is 1.52. The van der Waals surface area contributed by atoms with Gasteiger partial charge in [-0.15, -0.1) is 0 Å². The summed E-state index contributed by atoms with van der Waals surface area (Å²) in [5, 5.41) is 5.38. The molecule has 1 heterocycles. The van der Waals surface area contributed by atoms with Crippen molar-refractivity contribution in [1.29, 1.82) is 0 Å². The minimum absolute atomic E-state index is 0.273. The highest BCUT2D eigenvalue weighted by molar-refractivity contribution is 7.91. The molecule has 1 aromatic heterocycles. The van der Waals surface area contributed by atoms with Crippen LogP contribution in [0.3, 0.4) is 0 Å². The Bertz CT molecular complexity index is 1060. The molecule has 0 fully saturated rings. The lowest BCUT2D eigenvalue weighted by atomic mass is 10.2. The molecule has 29 heavy (non-hydrogen) atoms. The zero-order valence-electron chi connectivity index (χ0n) is 15.3. The van der Waals surface area contributed by atoms with E-state index in [1.165, 1.54) is 24.3 Å². The molecule has 0 atom stereocenters. The van der Waals surface area contributed by atoms with Gasteiger partial charge in [0.25, 0.3) is 0 Å². The zero-order valence-corrected chi connectivity index (χ0v) is 16.1. The van der Waals surface area contributed by atoms with Crippen LogP contribution in [0, 0.1) is 5.82 Å². The number of nitrogens with zero attached hydrogens (tertiary/aromatic N) is 1. The van der Waals surface area contributed by atoms with Crippen molar-refractivity contribution in [2.24, 2.45) is 0 Å². The molecule has 0 unspecified atom stereocenters.